The standard InChI is InChI=1S/C26H34N8O/c1-35-22-6-16(13-33-15-19-7-20(33)11-28-19)2-3-18(22)14-34-23-21(12-30-34)31-25(27)32-24(23)29-10-17-8-26(9-17)4-5-26/h2-3,6,12,17,19-20,28H,4-5,7-11,13-15H2,1H3,(H3,27,29,31,32)/t19-,20-/m0/s1. The first-order valence-corrected chi connectivity index (χ1v) is 12.9. The molecule has 2 aliphatic carbocycles. The fourth-order valence-corrected chi connectivity index (χ4v) is 6.65. The number of nitrogens with one attached hydrogen (secondary N) is 2. The monoisotopic (exact) mass is 474 g/mol. The van der Waals surface area contributed by atoms with Crippen LogP contribution in [0.5, 0.6) is 5.75 Å². The van der Waals surface area contributed by atoms with Crippen molar-refractivity contribution in [1.82, 2.24) is 30.0 Å². The highest BCUT2D eigenvalue weighted by Gasteiger charge is 2.52. The third kappa shape index (κ3) is 3.90. The van der Waals surface area contributed by atoms with Crippen molar-refractivity contribution in [3.63, 3.8) is 0 Å². The van der Waals surface area contributed by atoms with E-state index in [0.29, 0.717) is 30.0 Å². The molecule has 2 saturated heterocycles. The number of nitrogen functional groups attached to an aromatic ring is 1. The highest BCUT2D eigenvalue weighted by atomic mass is 16.5. The SMILES string of the molecule is COc1cc(CN2C[C@@H]3C[C@H]2CN3)ccc1Cn1ncc2nc(N)nc(NCC3CC4(CC4)C3)c21. The van der Waals surface area contributed by atoms with Crippen molar-refractivity contribution in [3.8, 4) is 5.75 Å². The average Bonchev–Trinajstić information content (AvgIpc) is 3.13. The van der Waals surface area contributed by atoms with Crippen LogP contribution in [0.3, 0.4) is 0 Å². The molecule has 9 heteroatoms. The molecule has 1 spiro atoms. The molecule has 2 bridgehead atoms. The first kappa shape index (κ1) is 21.4. The zero-order valence-electron chi connectivity index (χ0n) is 20.3. The van der Waals surface area contributed by atoms with Gasteiger partial charge in [0.2, 0.25) is 5.95 Å². The van der Waals surface area contributed by atoms with Gasteiger partial charge in [-0.15, -0.1) is 0 Å². The molecule has 7 rings (SSSR count). The Labute approximate surface area is 205 Å². The number of anilines is 2. The Morgan fingerprint density at radius 1 is 1.23 bits per heavy atom. The lowest BCUT2D eigenvalue weighted by Gasteiger charge is -2.36. The van der Waals surface area contributed by atoms with Crippen LogP contribution in [0.4, 0.5) is 11.8 Å². The molecule has 9 nitrogen and oxygen atoms in total. The number of fused-ring (bicyclic) bond motifs is 3. The molecule has 35 heavy (non-hydrogen) atoms. The van der Waals surface area contributed by atoms with Crippen LogP contribution in [0.15, 0.2) is 24.4 Å². The number of rotatable bonds is 8. The van der Waals surface area contributed by atoms with E-state index in [1.165, 1.54) is 37.7 Å². The van der Waals surface area contributed by atoms with Gasteiger partial charge < -0.3 is 21.1 Å². The summed E-state index contributed by atoms with van der Waals surface area (Å²) in [6.45, 7) is 4.71. The van der Waals surface area contributed by atoms with Crippen molar-refractivity contribution >= 4 is 22.8 Å². The molecule has 2 aliphatic heterocycles. The van der Waals surface area contributed by atoms with E-state index in [1.807, 2.05) is 4.68 Å². The first-order valence-electron chi connectivity index (χ1n) is 12.9. The summed E-state index contributed by atoms with van der Waals surface area (Å²) < 4.78 is 7.77. The van der Waals surface area contributed by atoms with E-state index >= 15 is 0 Å². The van der Waals surface area contributed by atoms with Crippen LogP contribution in [0.1, 0.15) is 43.2 Å². The molecule has 4 N–H and O–H groups in total. The van der Waals surface area contributed by atoms with Crippen LogP contribution in [0, 0.1) is 11.3 Å². The number of ether oxygens (including phenoxy) is 1. The molecule has 0 unspecified atom stereocenters. The molecule has 4 aliphatic rings. The Hall–Kier alpha value is -2.91. The summed E-state index contributed by atoms with van der Waals surface area (Å²) in [5, 5.41) is 11.8. The summed E-state index contributed by atoms with van der Waals surface area (Å²) in [6.07, 6.45) is 8.55. The number of likely N-dealkylation sites (tertiary alicyclic amines) is 1. The second-order valence-electron chi connectivity index (χ2n) is 11.2. The maximum atomic E-state index is 6.02. The fourth-order valence-electron chi connectivity index (χ4n) is 6.65. The molecule has 4 fully saturated rings. The highest BCUT2D eigenvalue weighted by molar-refractivity contribution is 5.86. The van der Waals surface area contributed by atoms with Crippen molar-refractivity contribution in [2.24, 2.45) is 11.3 Å². The van der Waals surface area contributed by atoms with Gasteiger partial charge in [0.1, 0.15) is 16.8 Å². The quantitative estimate of drug-likeness (QED) is 0.458. The van der Waals surface area contributed by atoms with E-state index < -0.39 is 0 Å². The number of hydrogen-bond donors (Lipinski definition) is 3. The lowest BCUT2D eigenvalue weighted by atomic mass is 9.72. The van der Waals surface area contributed by atoms with E-state index in [0.717, 1.165) is 54.3 Å². The number of benzene rings is 1. The highest BCUT2D eigenvalue weighted by Crippen LogP contribution is 2.63. The van der Waals surface area contributed by atoms with Crippen LogP contribution < -0.4 is 21.1 Å². The second kappa shape index (κ2) is 8.06. The summed E-state index contributed by atoms with van der Waals surface area (Å²) in [5.74, 6) is 2.66. The molecule has 2 aromatic heterocycles. The maximum Gasteiger partial charge on any atom is 0.222 e. The van der Waals surface area contributed by atoms with Crippen LogP contribution >= 0.6 is 0 Å². The van der Waals surface area contributed by atoms with E-state index in [2.05, 4.69) is 48.8 Å². The van der Waals surface area contributed by atoms with Gasteiger partial charge in [0.05, 0.1) is 19.9 Å². The Kier molecular flexibility index (Phi) is 4.92. The van der Waals surface area contributed by atoms with E-state index in [4.69, 9.17) is 10.5 Å². The van der Waals surface area contributed by atoms with Gasteiger partial charge >= 0.3 is 0 Å². The van der Waals surface area contributed by atoms with Gasteiger partial charge in [-0.1, -0.05) is 12.1 Å². The minimum atomic E-state index is 0.277. The fraction of sp³-hybridized carbons (Fsp3) is 0.577. The van der Waals surface area contributed by atoms with Gasteiger partial charge in [-0.05, 0) is 55.1 Å². The summed E-state index contributed by atoms with van der Waals surface area (Å²) in [5.41, 5.74) is 10.7. The second-order valence-corrected chi connectivity index (χ2v) is 11.2. The predicted octanol–water partition coefficient (Wildman–Crippen LogP) is 2.61. The van der Waals surface area contributed by atoms with Crippen molar-refractivity contribution < 1.29 is 4.74 Å². The van der Waals surface area contributed by atoms with Gasteiger partial charge in [-0.3, -0.25) is 9.58 Å². The molecule has 0 amide bonds. The van der Waals surface area contributed by atoms with Gasteiger partial charge in [-0.2, -0.15) is 10.1 Å². The largest absolute Gasteiger partial charge is 0.496 e. The Bertz CT molecular complexity index is 1260. The number of methoxy groups -OCH3 is 1. The third-order valence-corrected chi connectivity index (χ3v) is 8.69. The molecule has 1 aromatic carbocycles. The molecular weight excluding hydrogens is 440 g/mol. The van der Waals surface area contributed by atoms with Crippen LogP contribution in [-0.4, -0.2) is 63.5 Å². The van der Waals surface area contributed by atoms with Crippen molar-refractivity contribution in [2.45, 2.75) is 57.3 Å². The van der Waals surface area contributed by atoms with Crippen molar-refractivity contribution in [2.75, 3.05) is 37.8 Å². The predicted molar refractivity (Wildman–Crippen MR) is 135 cm³/mol. The van der Waals surface area contributed by atoms with E-state index in [9.17, 15) is 0 Å². The van der Waals surface area contributed by atoms with Crippen molar-refractivity contribution in [3.05, 3.63) is 35.5 Å². The maximum absolute atomic E-state index is 6.02. The van der Waals surface area contributed by atoms with Gasteiger partial charge in [-0.25, -0.2) is 4.98 Å². The van der Waals surface area contributed by atoms with Gasteiger partial charge in [0.15, 0.2) is 5.82 Å². The molecule has 4 heterocycles. The summed E-state index contributed by atoms with van der Waals surface area (Å²) in [4.78, 5) is 11.6. The summed E-state index contributed by atoms with van der Waals surface area (Å²) in [6, 6.07) is 7.89. The zero-order chi connectivity index (χ0) is 23.6. The summed E-state index contributed by atoms with van der Waals surface area (Å²) in [7, 11) is 1.74. The van der Waals surface area contributed by atoms with E-state index in [1.54, 1.807) is 13.3 Å². The van der Waals surface area contributed by atoms with Crippen LogP contribution in [0.25, 0.3) is 11.0 Å². The lowest BCUT2D eigenvalue weighted by molar-refractivity contribution is 0.180. The molecule has 3 aromatic rings. The van der Waals surface area contributed by atoms with Crippen LogP contribution in [-0.2, 0) is 13.1 Å². The number of nitrogens with two attached hydrogens (primary N) is 1. The Morgan fingerprint density at radius 2 is 2.11 bits per heavy atom. The average molecular weight is 475 g/mol. The van der Waals surface area contributed by atoms with E-state index in [-0.39, 0.29) is 5.95 Å². The van der Waals surface area contributed by atoms with Gasteiger partial charge in [0.25, 0.3) is 0 Å². The smallest absolute Gasteiger partial charge is 0.222 e. The Morgan fingerprint density at radius 3 is 2.86 bits per heavy atom. The zero-order valence-corrected chi connectivity index (χ0v) is 20.3. The third-order valence-electron chi connectivity index (χ3n) is 8.69. The number of aromatic nitrogens is 4. The number of hydrogen-bond acceptors (Lipinski definition) is 8. The number of piperazine rings is 1. The Balaban J connectivity index is 1.11. The molecule has 2 atom stereocenters. The first-order chi connectivity index (χ1) is 17.1. The molecule has 2 saturated carbocycles. The lowest BCUT2D eigenvalue weighted by Crippen LogP contribution is -2.42. The topological polar surface area (TPSA) is 106 Å². The minimum Gasteiger partial charge on any atom is -0.496 e. The molecular formula is C26H34N8O. The molecule has 0 radical (unpaired) electrons. The molecule has 184 valence electrons. The normalized spacial score (nSPS) is 24.8. The number of nitrogens with zero attached hydrogens (tertiary/aromatic N) is 5. The minimum absolute atomic E-state index is 0.277. The van der Waals surface area contributed by atoms with Crippen LogP contribution in [0.2, 0.25) is 0 Å². The van der Waals surface area contributed by atoms with Crippen molar-refractivity contribution in [1.29, 1.82) is 0 Å². The van der Waals surface area contributed by atoms with Gasteiger partial charge in [0, 0.05) is 43.8 Å². The summed E-state index contributed by atoms with van der Waals surface area (Å²) >= 11 is 0.